The number of amides is 1. The topological polar surface area (TPSA) is 45.2 Å². The Kier molecular flexibility index (Phi) is 4.14. The summed E-state index contributed by atoms with van der Waals surface area (Å²) in [6.07, 6.45) is -5.88. The second-order valence-corrected chi connectivity index (χ2v) is 4.63. The maximum Gasteiger partial charge on any atom is 0.433 e. The predicted octanol–water partition coefficient (Wildman–Crippen LogP) is 2.29. The number of hydrogen-bond acceptors (Lipinski definition) is 3. The van der Waals surface area contributed by atoms with Crippen LogP contribution in [0.2, 0.25) is 0 Å². The van der Waals surface area contributed by atoms with Crippen LogP contribution in [-0.2, 0) is 11.0 Å². The Morgan fingerprint density at radius 1 is 1.45 bits per heavy atom. The highest BCUT2D eigenvalue weighted by Gasteiger charge is 2.35. The molecule has 2 heterocycles. The van der Waals surface area contributed by atoms with Crippen molar-refractivity contribution in [3.8, 4) is 0 Å². The average Bonchev–Trinajstić information content (AvgIpc) is 2.83. The summed E-state index contributed by atoms with van der Waals surface area (Å²) in [7, 11) is 0. The zero-order valence-corrected chi connectivity index (χ0v) is 10.7. The smallest absolute Gasteiger partial charge is 0.303 e. The molecule has 0 aliphatic carbocycles. The molecule has 2 rings (SSSR count). The Morgan fingerprint density at radius 3 is 2.70 bits per heavy atom. The van der Waals surface area contributed by atoms with Gasteiger partial charge in [-0.15, -0.1) is 0 Å². The third-order valence-corrected chi connectivity index (χ3v) is 3.13. The highest BCUT2D eigenvalue weighted by Crippen LogP contribution is 2.29. The standard InChI is InChI=1S/C11H10ClF4N3O/c12-19(10(20)7-4-6(13)5-17-7)9-3-1-2-8(18-9)11(14,15)16/h1-3,6-7,17H,4-5H2/t6-,7+/m1/s1. The number of carbonyl (C=O) groups excluding carboxylic acids is 1. The zero-order valence-electron chi connectivity index (χ0n) is 9.99. The second kappa shape index (κ2) is 5.53. The van der Waals surface area contributed by atoms with Gasteiger partial charge in [-0.25, -0.2) is 13.8 Å². The van der Waals surface area contributed by atoms with Gasteiger partial charge in [0, 0.05) is 24.7 Å². The van der Waals surface area contributed by atoms with E-state index in [9.17, 15) is 22.4 Å². The summed E-state index contributed by atoms with van der Waals surface area (Å²) in [5, 5.41) is 2.60. The van der Waals surface area contributed by atoms with Crippen molar-refractivity contribution in [2.45, 2.75) is 24.8 Å². The number of anilines is 1. The first-order chi connectivity index (χ1) is 9.29. The van der Waals surface area contributed by atoms with Crippen molar-refractivity contribution in [2.24, 2.45) is 0 Å². The van der Waals surface area contributed by atoms with E-state index in [1.807, 2.05) is 0 Å². The molecule has 1 amide bonds. The summed E-state index contributed by atoms with van der Waals surface area (Å²) in [6, 6.07) is 2.17. The minimum Gasteiger partial charge on any atom is -0.303 e. The quantitative estimate of drug-likeness (QED) is 0.673. The van der Waals surface area contributed by atoms with Crippen molar-refractivity contribution in [3.05, 3.63) is 23.9 Å². The largest absolute Gasteiger partial charge is 0.433 e. The van der Waals surface area contributed by atoms with Gasteiger partial charge in [-0.1, -0.05) is 6.07 Å². The zero-order chi connectivity index (χ0) is 14.9. The van der Waals surface area contributed by atoms with Gasteiger partial charge in [0.2, 0.25) is 0 Å². The Bertz CT molecular complexity index is 511. The van der Waals surface area contributed by atoms with Gasteiger partial charge in [-0.3, -0.25) is 4.79 Å². The van der Waals surface area contributed by atoms with E-state index in [4.69, 9.17) is 11.8 Å². The van der Waals surface area contributed by atoms with Crippen LogP contribution in [0.4, 0.5) is 23.4 Å². The molecule has 4 nitrogen and oxygen atoms in total. The highest BCUT2D eigenvalue weighted by molar-refractivity contribution is 6.37. The lowest BCUT2D eigenvalue weighted by atomic mass is 10.2. The van der Waals surface area contributed by atoms with E-state index in [0.29, 0.717) is 4.42 Å². The molecule has 1 aliphatic rings. The number of alkyl halides is 4. The summed E-state index contributed by atoms with van der Waals surface area (Å²) < 4.78 is 51.0. The van der Waals surface area contributed by atoms with E-state index in [1.165, 1.54) is 6.07 Å². The molecule has 1 aromatic rings. The molecule has 1 N–H and O–H groups in total. The molecule has 1 aliphatic heterocycles. The van der Waals surface area contributed by atoms with Gasteiger partial charge < -0.3 is 5.32 Å². The maximum absolute atomic E-state index is 13.0. The van der Waals surface area contributed by atoms with Gasteiger partial charge in [0.05, 0.1) is 6.04 Å². The van der Waals surface area contributed by atoms with Crippen LogP contribution in [-0.4, -0.2) is 29.6 Å². The SMILES string of the molecule is O=C([C@@H]1C[C@@H](F)CN1)N(Cl)c1cccc(C(F)(F)F)n1. The number of rotatable bonds is 2. The third kappa shape index (κ3) is 3.18. The number of aromatic nitrogens is 1. The van der Waals surface area contributed by atoms with Crippen molar-refractivity contribution in [3.63, 3.8) is 0 Å². The van der Waals surface area contributed by atoms with Gasteiger partial charge in [0.25, 0.3) is 5.91 Å². The fraction of sp³-hybridized carbons (Fsp3) is 0.455. The predicted molar refractivity (Wildman–Crippen MR) is 63.9 cm³/mol. The molecule has 20 heavy (non-hydrogen) atoms. The average molecular weight is 312 g/mol. The van der Waals surface area contributed by atoms with E-state index < -0.39 is 30.0 Å². The van der Waals surface area contributed by atoms with Crippen LogP contribution in [0.1, 0.15) is 12.1 Å². The summed E-state index contributed by atoms with van der Waals surface area (Å²) in [5.74, 6) is -1.09. The number of hydrogen-bond donors (Lipinski definition) is 1. The molecule has 0 spiro atoms. The van der Waals surface area contributed by atoms with Crippen LogP contribution in [0.3, 0.4) is 0 Å². The first-order valence-electron chi connectivity index (χ1n) is 5.70. The van der Waals surface area contributed by atoms with E-state index in [1.54, 1.807) is 0 Å². The van der Waals surface area contributed by atoms with Crippen molar-refractivity contribution >= 4 is 23.5 Å². The molecule has 0 radical (unpaired) electrons. The molecule has 110 valence electrons. The number of halogens is 5. The normalized spacial score (nSPS) is 22.9. The van der Waals surface area contributed by atoms with Crippen LogP contribution in [0.15, 0.2) is 18.2 Å². The van der Waals surface area contributed by atoms with Crippen molar-refractivity contribution in [1.29, 1.82) is 0 Å². The van der Waals surface area contributed by atoms with Gasteiger partial charge in [0.1, 0.15) is 11.9 Å². The van der Waals surface area contributed by atoms with E-state index in [0.717, 1.165) is 12.1 Å². The maximum atomic E-state index is 13.0. The Morgan fingerprint density at radius 2 is 2.15 bits per heavy atom. The first kappa shape index (κ1) is 15.0. The van der Waals surface area contributed by atoms with E-state index in [2.05, 4.69) is 10.3 Å². The van der Waals surface area contributed by atoms with Crippen LogP contribution >= 0.6 is 11.8 Å². The first-order valence-corrected chi connectivity index (χ1v) is 6.04. The van der Waals surface area contributed by atoms with E-state index in [-0.39, 0.29) is 18.8 Å². The van der Waals surface area contributed by atoms with Crippen molar-refractivity contribution < 1.29 is 22.4 Å². The summed E-state index contributed by atoms with van der Waals surface area (Å²) in [6.45, 7) is 0.0111. The summed E-state index contributed by atoms with van der Waals surface area (Å²) in [4.78, 5) is 15.2. The van der Waals surface area contributed by atoms with Gasteiger partial charge in [-0.05, 0) is 12.1 Å². The lowest BCUT2D eigenvalue weighted by Gasteiger charge is -2.18. The molecule has 0 unspecified atom stereocenters. The molecule has 1 saturated heterocycles. The summed E-state index contributed by atoms with van der Waals surface area (Å²) in [5.41, 5.74) is -1.16. The third-order valence-electron chi connectivity index (χ3n) is 2.79. The van der Waals surface area contributed by atoms with Crippen molar-refractivity contribution in [2.75, 3.05) is 11.0 Å². The lowest BCUT2D eigenvalue weighted by molar-refractivity contribution is -0.141. The Hall–Kier alpha value is -1.41. The minimum absolute atomic E-state index is 0.0111. The number of pyridine rings is 1. The monoisotopic (exact) mass is 311 g/mol. The van der Waals surface area contributed by atoms with Crippen LogP contribution < -0.4 is 9.74 Å². The molecular weight excluding hydrogens is 302 g/mol. The van der Waals surface area contributed by atoms with Crippen LogP contribution in [0.5, 0.6) is 0 Å². The second-order valence-electron chi connectivity index (χ2n) is 4.29. The molecule has 9 heteroatoms. The number of nitrogens with zero attached hydrogens (tertiary/aromatic N) is 2. The molecule has 1 fully saturated rings. The Balaban J connectivity index is 2.16. The summed E-state index contributed by atoms with van der Waals surface area (Å²) >= 11 is 5.70. The van der Waals surface area contributed by atoms with Gasteiger partial charge >= 0.3 is 6.18 Å². The van der Waals surface area contributed by atoms with Gasteiger partial charge in [0.15, 0.2) is 5.82 Å². The lowest BCUT2D eigenvalue weighted by Crippen LogP contribution is -2.39. The van der Waals surface area contributed by atoms with Gasteiger partial charge in [-0.2, -0.15) is 13.2 Å². The Labute approximate surface area is 116 Å². The van der Waals surface area contributed by atoms with Crippen LogP contribution in [0, 0.1) is 0 Å². The van der Waals surface area contributed by atoms with Crippen molar-refractivity contribution in [1.82, 2.24) is 10.3 Å². The molecule has 2 atom stereocenters. The number of carbonyl (C=O) groups is 1. The highest BCUT2D eigenvalue weighted by atomic mass is 35.5. The van der Waals surface area contributed by atoms with Crippen LogP contribution in [0.25, 0.3) is 0 Å². The molecular formula is C11H10ClF4N3O. The fourth-order valence-electron chi connectivity index (χ4n) is 1.82. The number of nitrogens with one attached hydrogen (secondary N) is 1. The molecule has 1 aromatic heterocycles. The molecule has 0 bridgehead atoms. The fourth-order valence-corrected chi connectivity index (χ4v) is 2.03. The molecule has 0 aromatic carbocycles. The minimum atomic E-state index is -4.63. The molecule has 0 saturated carbocycles. The van der Waals surface area contributed by atoms with E-state index >= 15 is 0 Å².